The van der Waals surface area contributed by atoms with E-state index in [0.29, 0.717) is 11.3 Å². The minimum Gasteiger partial charge on any atom is -0.497 e. The molecule has 2 aromatic carbocycles. The molecule has 4 radical (unpaired) electrons. The number of methoxy groups -OCH3 is 2. The first-order chi connectivity index (χ1) is 16.6. The van der Waals surface area contributed by atoms with Gasteiger partial charge in [-0.3, -0.25) is 0 Å². The monoisotopic (exact) mass is 465 g/mol. The highest BCUT2D eigenvalue weighted by molar-refractivity contribution is 6.41. The van der Waals surface area contributed by atoms with Gasteiger partial charge in [0.2, 0.25) is 0 Å². The minimum absolute atomic E-state index is 0.00921. The summed E-state index contributed by atoms with van der Waals surface area (Å²) in [5.74, 6) is 1.17. The SMILES string of the molecule is [B]C1([B])OC(N)=NC12c1cc(-c3cc(C#N)cc(OC)c3)ccc1CC21C[C@@H](C)C(OC)[C@@H](C)C1. The van der Waals surface area contributed by atoms with Crippen molar-refractivity contribution in [2.45, 2.75) is 50.2 Å². The molecule has 1 saturated carbocycles. The fourth-order valence-corrected chi connectivity index (χ4v) is 7.31. The lowest BCUT2D eigenvalue weighted by molar-refractivity contribution is -0.0865. The normalized spacial score (nSPS) is 32.7. The van der Waals surface area contributed by atoms with Crippen molar-refractivity contribution in [2.24, 2.45) is 28.0 Å². The molecule has 5 rings (SSSR count). The molecular formula is C27H29B2N3O3. The van der Waals surface area contributed by atoms with Crippen LogP contribution in [0.15, 0.2) is 41.4 Å². The van der Waals surface area contributed by atoms with Crippen LogP contribution >= 0.6 is 0 Å². The van der Waals surface area contributed by atoms with Crippen LogP contribution in [0.1, 0.15) is 43.4 Å². The summed E-state index contributed by atoms with van der Waals surface area (Å²) in [6, 6.07) is 13.9. The van der Waals surface area contributed by atoms with Gasteiger partial charge in [0.15, 0.2) is 0 Å². The molecule has 0 bridgehead atoms. The molecule has 176 valence electrons. The third-order valence-corrected chi connectivity index (χ3v) is 8.34. The summed E-state index contributed by atoms with van der Waals surface area (Å²) in [7, 11) is 16.8. The molecule has 2 aromatic rings. The first-order valence-electron chi connectivity index (χ1n) is 12.0. The zero-order valence-corrected chi connectivity index (χ0v) is 20.7. The van der Waals surface area contributed by atoms with Crippen LogP contribution in [0.4, 0.5) is 0 Å². The standard InChI is InChI=1S/C27H29B2N3O3/c1-15-11-25(12-16(2)23(15)34-4)13-19-6-5-18(20-7-17(14-30)8-21(9-20)33-3)10-22(19)26(25)27(28,29)35-24(31)32-26/h5-10,15-16,23H,11-13H2,1-4H3,(H2,31,32)/t15-,16+,23?,25?,26?. The Labute approximate surface area is 209 Å². The molecule has 1 aliphatic heterocycles. The van der Waals surface area contributed by atoms with Gasteiger partial charge in [-0.1, -0.05) is 26.0 Å². The van der Waals surface area contributed by atoms with E-state index in [4.69, 9.17) is 40.6 Å². The molecule has 3 unspecified atom stereocenters. The molecule has 0 saturated heterocycles. The Balaban J connectivity index is 1.71. The number of nitrogens with two attached hydrogens (primary N) is 1. The van der Waals surface area contributed by atoms with Crippen LogP contribution in [-0.2, 0) is 21.4 Å². The summed E-state index contributed by atoms with van der Waals surface area (Å²) in [4.78, 5) is 4.92. The number of rotatable bonds is 3. The Hall–Kier alpha value is -2.91. The molecule has 3 aliphatic rings. The number of aliphatic imine (C=N–C) groups is 1. The summed E-state index contributed by atoms with van der Waals surface area (Å²) >= 11 is 0. The van der Waals surface area contributed by atoms with Crippen molar-refractivity contribution in [2.75, 3.05) is 14.2 Å². The van der Waals surface area contributed by atoms with E-state index in [-0.39, 0.29) is 29.4 Å². The van der Waals surface area contributed by atoms with Gasteiger partial charge in [0.1, 0.15) is 27.0 Å². The maximum Gasteiger partial charge on any atom is 0.281 e. The first kappa shape index (κ1) is 23.8. The summed E-state index contributed by atoms with van der Waals surface area (Å²) in [5, 5.41) is 7.90. The fraction of sp³-hybridized carbons (Fsp3) is 0.481. The van der Waals surface area contributed by atoms with Gasteiger partial charge in [-0.25, -0.2) is 4.99 Å². The maximum absolute atomic E-state index is 9.51. The smallest absolute Gasteiger partial charge is 0.281 e. The van der Waals surface area contributed by atoms with E-state index in [9.17, 15) is 5.26 Å². The van der Waals surface area contributed by atoms with Crippen LogP contribution in [0, 0.1) is 28.6 Å². The molecule has 2 spiro atoms. The number of fused-ring (bicyclic) bond motifs is 3. The average Bonchev–Trinajstić information content (AvgIpc) is 3.22. The Bertz CT molecular complexity index is 1240. The van der Waals surface area contributed by atoms with E-state index in [2.05, 4.69) is 38.1 Å². The van der Waals surface area contributed by atoms with Crippen molar-refractivity contribution >= 4 is 21.7 Å². The maximum atomic E-state index is 9.51. The van der Waals surface area contributed by atoms with E-state index < -0.39 is 10.9 Å². The summed E-state index contributed by atoms with van der Waals surface area (Å²) in [6.07, 6.45) is 2.57. The lowest BCUT2D eigenvalue weighted by Crippen LogP contribution is -2.61. The molecule has 1 heterocycles. The van der Waals surface area contributed by atoms with E-state index in [1.807, 2.05) is 12.1 Å². The second kappa shape index (κ2) is 8.06. The zero-order chi connectivity index (χ0) is 25.2. The summed E-state index contributed by atoms with van der Waals surface area (Å²) in [6.45, 7) is 4.43. The van der Waals surface area contributed by atoms with Gasteiger partial charge in [0, 0.05) is 12.5 Å². The molecule has 1 fully saturated rings. The van der Waals surface area contributed by atoms with Crippen molar-refractivity contribution in [3.63, 3.8) is 0 Å². The van der Waals surface area contributed by atoms with Crippen molar-refractivity contribution in [1.29, 1.82) is 5.26 Å². The van der Waals surface area contributed by atoms with E-state index in [1.54, 1.807) is 20.3 Å². The van der Waals surface area contributed by atoms with Gasteiger partial charge in [-0.2, -0.15) is 5.26 Å². The molecule has 35 heavy (non-hydrogen) atoms. The van der Waals surface area contributed by atoms with Gasteiger partial charge in [0.25, 0.3) is 6.02 Å². The van der Waals surface area contributed by atoms with Crippen LogP contribution in [-0.4, -0.2) is 47.4 Å². The molecular weight excluding hydrogens is 436 g/mol. The topological polar surface area (TPSA) is 89.9 Å². The number of nitriles is 1. The lowest BCUT2D eigenvalue weighted by atomic mass is 9.43. The quantitative estimate of drug-likeness (QED) is 0.703. The van der Waals surface area contributed by atoms with Gasteiger partial charge in [0.05, 0.1) is 30.2 Å². The lowest BCUT2D eigenvalue weighted by Gasteiger charge is -2.55. The van der Waals surface area contributed by atoms with E-state index in [1.165, 1.54) is 0 Å². The van der Waals surface area contributed by atoms with Crippen molar-refractivity contribution in [3.05, 3.63) is 53.1 Å². The number of nitrogens with zero attached hydrogens (tertiary/aromatic N) is 2. The molecule has 5 atom stereocenters. The number of amidine groups is 1. The third kappa shape index (κ3) is 3.31. The van der Waals surface area contributed by atoms with Crippen LogP contribution in [0.5, 0.6) is 5.75 Å². The average molecular weight is 465 g/mol. The van der Waals surface area contributed by atoms with E-state index in [0.717, 1.165) is 41.5 Å². The number of hydrogen-bond acceptors (Lipinski definition) is 6. The van der Waals surface area contributed by atoms with Crippen LogP contribution in [0.25, 0.3) is 11.1 Å². The van der Waals surface area contributed by atoms with Gasteiger partial charge in [-0.15, -0.1) is 0 Å². The fourth-order valence-electron chi connectivity index (χ4n) is 7.31. The Morgan fingerprint density at radius 3 is 2.37 bits per heavy atom. The van der Waals surface area contributed by atoms with Crippen molar-refractivity contribution < 1.29 is 14.2 Å². The van der Waals surface area contributed by atoms with Crippen LogP contribution in [0.3, 0.4) is 0 Å². The molecule has 0 amide bonds. The Kier molecular flexibility index (Phi) is 5.49. The Morgan fingerprint density at radius 1 is 1.09 bits per heavy atom. The predicted octanol–water partition coefficient (Wildman–Crippen LogP) is 3.39. The number of benzene rings is 2. The second-order valence-electron chi connectivity index (χ2n) is 10.5. The van der Waals surface area contributed by atoms with Gasteiger partial charge < -0.3 is 19.9 Å². The molecule has 2 N–H and O–H groups in total. The largest absolute Gasteiger partial charge is 0.497 e. The third-order valence-electron chi connectivity index (χ3n) is 8.34. The summed E-state index contributed by atoms with van der Waals surface area (Å²) in [5.41, 5.74) is 9.08. The van der Waals surface area contributed by atoms with Crippen LogP contribution < -0.4 is 10.5 Å². The van der Waals surface area contributed by atoms with Gasteiger partial charge >= 0.3 is 0 Å². The molecule has 2 aliphatic carbocycles. The Morgan fingerprint density at radius 2 is 1.80 bits per heavy atom. The van der Waals surface area contributed by atoms with Crippen molar-refractivity contribution in [3.8, 4) is 22.9 Å². The van der Waals surface area contributed by atoms with E-state index >= 15 is 0 Å². The van der Waals surface area contributed by atoms with Gasteiger partial charge in [-0.05, 0) is 77.6 Å². The highest BCUT2D eigenvalue weighted by Gasteiger charge is 2.69. The first-order valence-corrected chi connectivity index (χ1v) is 12.0. The number of ether oxygens (including phenoxy) is 3. The van der Waals surface area contributed by atoms with Crippen LogP contribution in [0.2, 0.25) is 0 Å². The minimum atomic E-state index is -1.60. The highest BCUT2D eigenvalue weighted by Crippen LogP contribution is 2.66. The molecule has 6 nitrogen and oxygen atoms in total. The second-order valence-corrected chi connectivity index (χ2v) is 10.5. The molecule has 8 heteroatoms. The van der Waals surface area contributed by atoms with Crippen molar-refractivity contribution in [1.82, 2.24) is 0 Å². The summed E-state index contributed by atoms with van der Waals surface area (Å²) < 4.78 is 17.1. The number of hydrogen-bond donors (Lipinski definition) is 1. The highest BCUT2D eigenvalue weighted by atomic mass is 16.5. The zero-order valence-electron chi connectivity index (χ0n) is 20.7. The molecule has 0 aromatic heterocycles. The predicted molar refractivity (Wildman–Crippen MR) is 136 cm³/mol.